The second-order valence-electron chi connectivity index (χ2n) is 5.04. The van der Waals surface area contributed by atoms with Crippen molar-refractivity contribution >= 4 is 29.0 Å². The van der Waals surface area contributed by atoms with Crippen LogP contribution in [0, 0.1) is 6.92 Å². The van der Waals surface area contributed by atoms with Gasteiger partial charge in [-0.15, -0.1) is 21.5 Å². The summed E-state index contributed by atoms with van der Waals surface area (Å²) >= 11 is 2.89. The molecule has 8 heteroatoms. The zero-order valence-corrected chi connectivity index (χ0v) is 13.5. The second-order valence-corrected chi connectivity index (χ2v) is 7.39. The number of hydrogen-bond acceptors (Lipinski definition) is 7. The maximum Gasteiger partial charge on any atom is 0.277 e. The van der Waals surface area contributed by atoms with Gasteiger partial charge in [0, 0.05) is 11.4 Å². The molecule has 1 aliphatic carbocycles. The largest absolute Gasteiger partial charge is 0.416 e. The van der Waals surface area contributed by atoms with E-state index >= 15 is 0 Å². The van der Waals surface area contributed by atoms with Gasteiger partial charge in [-0.1, -0.05) is 11.8 Å². The van der Waals surface area contributed by atoms with Gasteiger partial charge in [-0.25, -0.2) is 4.98 Å². The van der Waals surface area contributed by atoms with Crippen LogP contribution in [0.4, 0.5) is 0 Å². The van der Waals surface area contributed by atoms with E-state index in [1.54, 1.807) is 11.3 Å². The number of rotatable bonds is 6. The third-order valence-electron chi connectivity index (χ3n) is 3.02. The van der Waals surface area contributed by atoms with Crippen LogP contribution in [0.3, 0.4) is 0 Å². The molecule has 0 spiro atoms. The number of aromatic nitrogens is 3. The van der Waals surface area contributed by atoms with Crippen LogP contribution in [0.15, 0.2) is 15.0 Å². The van der Waals surface area contributed by atoms with Crippen LogP contribution in [-0.4, -0.2) is 32.4 Å². The van der Waals surface area contributed by atoms with Crippen LogP contribution < -0.4 is 5.32 Å². The molecule has 112 valence electrons. The molecule has 1 amide bonds. The molecule has 1 saturated carbocycles. The van der Waals surface area contributed by atoms with Crippen molar-refractivity contribution in [2.24, 2.45) is 0 Å². The summed E-state index contributed by atoms with van der Waals surface area (Å²) < 4.78 is 5.56. The molecule has 1 aliphatic rings. The number of carbonyl (C=O) groups excluding carboxylic acids is 1. The van der Waals surface area contributed by atoms with Gasteiger partial charge in [0.05, 0.1) is 22.4 Å². The first-order valence-corrected chi connectivity index (χ1v) is 8.56. The standard InChI is InChI=1S/C13H16N4O2S2/c1-7(12(18)15-9-3-4-9)21-13-17-16-11(19-13)5-10-6-20-8(2)14-10/h6-7,9H,3-5H2,1-2H3,(H,15,18)/t7-/m0/s1. The number of nitrogens with zero attached hydrogens (tertiary/aromatic N) is 3. The van der Waals surface area contributed by atoms with Gasteiger partial charge in [-0.2, -0.15) is 0 Å². The highest BCUT2D eigenvalue weighted by atomic mass is 32.2. The third-order valence-corrected chi connectivity index (χ3v) is 4.77. The normalized spacial score (nSPS) is 15.9. The molecule has 2 heterocycles. The second kappa shape index (κ2) is 6.15. The Labute approximate surface area is 130 Å². The summed E-state index contributed by atoms with van der Waals surface area (Å²) in [5.74, 6) is 0.551. The molecule has 6 nitrogen and oxygen atoms in total. The molecule has 2 aromatic heterocycles. The van der Waals surface area contributed by atoms with E-state index in [-0.39, 0.29) is 11.2 Å². The third kappa shape index (κ3) is 4.04. The van der Waals surface area contributed by atoms with E-state index in [2.05, 4.69) is 20.5 Å². The van der Waals surface area contributed by atoms with Crippen LogP contribution in [0.2, 0.25) is 0 Å². The van der Waals surface area contributed by atoms with E-state index in [1.165, 1.54) is 11.8 Å². The molecule has 1 atom stereocenters. The Morgan fingerprint density at radius 1 is 1.57 bits per heavy atom. The van der Waals surface area contributed by atoms with Gasteiger partial charge < -0.3 is 9.73 Å². The summed E-state index contributed by atoms with van der Waals surface area (Å²) in [5.41, 5.74) is 0.928. The minimum atomic E-state index is -0.236. The summed E-state index contributed by atoms with van der Waals surface area (Å²) in [7, 11) is 0. The average Bonchev–Trinajstić information content (AvgIpc) is 3.00. The average molecular weight is 324 g/mol. The Bertz CT molecular complexity index is 636. The maximum absolute atomic E-state index is 11.9. The highest BCUT2D eigenvalue weighted by molar-refractivity contribution is 8.00. The molecule has 2 aromatic rings. The number of carbonyl (C=O) groups is 1. The minimum absolute atomic E-state index is 0.0253. The lowest BCUT2D eigenvalue weighted by Crippen LogP contribution is -2.32. The zero-order chi connectivity index (χ0) is 14.8. The van der Waals surface area contributed by atoms with Crippen molar-refractivity contribution in [2.45, 2.75) is 49.6 Å². The lowest BCUT2D eigenvalue weighted by Gasteiger charge is -2.08. The van der Waals surface area contributed by atoms with E-state index in [4.69, 9.17) is 4.42 Å². The molecule has 0 unspecified atom stereocenters. The first kappa shape index (κ1) is 14.5. The molecular weight excluding hydrogens is 308 g/mol. The predicted octanol–water partition coefficient (Wildman–Crippen LogP) is 2.18. The smallest absolute Gasteiger partial charge is 0.277 e. The van der Waals surface area contributed by atoms with Gasteiger partial charge in [-0.05, 0) is 26.7 Å². The van der Waals surface area contributed by atoms with Gasteiger partial charge in [0.1, 0.15) is 0 Å². The van der Waals surface area contributed by atoms with Crippen molar-refractivity contribution in [3.63, 3.8) is 0 Å². The van der Waals surface area contributed by atoms with Crippen LogP contribution >= 0.6 is 23.1 Å². The van der Waals surface area contributed by atoms with Crippen LogP contribution in [0.5, 0.6) is 0 Å². The zero-order valence-electron chi connectivity index (χ0n) is 11.8. The summed E-state index contributed by atoms with van der Waals surface area (Å²) in [6, 6.07) is 0.367. The summed E-state index contributed by atoms with van der Waals surface area (Å²) in [6.45, 7) is 3.81. The van der Waals surface area contributed by atoms with Crippen molar-refractivity contribution in [1.29, 1.82) is 0 Å². The van der Waals surface area contributed by atoms with Crippen molar-refractivity contribution in [2.75, 3.05) is 0 Å². The van der Waals surface area contributed by atoms with Crippen molar-refractivity contribution in [1.82, 2.24) is 20.5 Å². The first-order chi connectivity index (χ1) is 10.1. The van der Waals surface area contributed by atoms with Gasteiger partial charge in [0.25, 0.3) is 5.22 Å². The quantitative estimate of drug-likeness (QED) is 0.820. The highest BCUT2D eigenvalue weighted by Gasteiger charge is 2.26. The van der Waals surface area contributed by atoms with Gasteiger partial charge in [-0.3, -0.25) is 4.79 Å². The Balaban J connectivity index is 1.55. The van der Waals surface area contributed by atoms with E-state index in [9.17, 15) is 4.79 Å². The minimum Gasteiger partial charge on any atom is -0.416 e. The molecule has 0 radical (unpaired) electrons. The Morgan fingerprint density at radius 2 is 2.38 bits per heavy atom. The summed E-state index contributed by atoms with van der Waals surface area (Å²) in [5, 5.41) is 14.1. The Morgan fingerprint density at radius 3 is 3.05 bits per heavy atom. The predicted molar refractivity (Wildman–Crippen MR) is 80.4 cm³/mol. The molecule has 3 rings (SSSR count). The molecule has 0 saturated heterocycles. The molecule has 21 heavy (non-hydrogen) atoms. The number of thiazole rings is 1. The highest BCUT2D eigenvalue weighted by Crippen LogP contribution is 2.25. The van der Waals surface area contributed by atoms with Crippen molar-refractivity contribution < 1.29 is 9.21 Å². The number of nitrogens with one attached hydrogen (secondary N) is 1. The number of aryl methyl sites for hydroxylation is 1. The fourth-order valence-corrected chi connectivity index (χ4v) is 3.07. The molecular formula is C13H16N4O2S2. The SMILES string of the molecule is Cc1nc(Cc2nnc(S[C@@H](C)C(=O)NC3CC3)o2)cs1. The van der Waals surface area contributed by atoms with Gasteiger partial charge in [0.15, 0.2) is 0 Å². The van der Waals surface area contributed by atoms with Crippen molar-refractivity contribution in [3.05, 3.63) is 22.0 Å². The number of thioether (sulfide) groups is 1. The van der Waals surface area contributed by atoms with E-state index in [0.717, 1.165) is 23.5 Å². The molecule has 1 fully saturated rings. The van der Waals surface area contributed by atoms with E-state index < -0.39 is 0 Å². The molecule has 0 bridgehead atoms. The van der Waals surface area contributed by atoms with Crippen molar-refractivity contribution in [3.8, 4) is 0 Å². The first-order valence-electron chi connectivity index (χ1n) is 6.80. The Hall–Kier alpha value is -1.41. The van der Waals surface area contributed by atoms with Gasteiger partial charge in [0.2, 0.25) is 11.8 Å². The van der Waals surface area contributed by atoms with E-state index in [1.807, 2.05) is 19.2 Å². The van der Waals surface area contributed by atoms with Crippen LogP contribution in [0.25, 0.3) is 0 Å². The molecule has 1 N–H and O–H groups in total. The lowest BCUT2D eigenvalue weighted by molar-refractivity contribution is -0.120. The van der Waals surface area contributed by atoms with E-state index in [0.29, 0.717) is 23.6 Å². The van der Waals surface area contributed by atoms with Crippen LogP contribution in [-0.2, 0) is 11.2 Å². The summed E-state index contributed by atoms with van der Waals surface area (Å²) in [6.07, 6.45) is 2.70. The maximum atomic E-state index is 11.9. The van der Waals surface area contributed by atoms with Gasteiger partial charge >= 0.3 is 0 Å². The fraction of sp³-hybridized carbons (Fsp3) is 0.538. The molecule has 0 aliphatic heterocycles. The molecule has 0 aromatic carbocycles. The number of amides is 1. The topological polar surface area (TPSA) is 80.9 Å². The Kier molecular flexibility index (Phi) is 4.25. The lowest BCUT2D eigenvalue weighted by atomic mass is 10.3. The fourth-order valence-electron chi connectivity index (χ4n) is 1.75. The summed E-state index contributed by atoms with van der Waals surface area (Å²) in [4.78, 5) is 16.2. The monoisotopic (exact) mass is 324 g/mol. The van der Waals surface area contributed by atoms with Crippen LogP contribution in [0.1, 0.15) is 36.4 Å². The number of hydrogen-bond donors (Lipinski definition) is 1.